The van der Waals surface area contributed by atoms with Crippen molar-refractivity contribution in [2.75, 3.05) is 33.8 Å². The first-order valence-corrected chi connectivity index (χ1v) is 6.66. The fraction of sp³-hybridized carbons (Fsp3) is 0.600. The molecule has 18 heavy (non-hydrogen) atoms. The molecule has 0 saturated carbocycles. The molecule has 3 heteroatoms. The van der Waals surface area contributed by atoms with E-state index in [1.54, 1.807) is 0 Å². The Bertz CT molecular complexity index is 379. The molecule has 1 N–H and O–H groups in total. The number of aliphatic hydroxyl groups excluding tert-OH is 1. The summed E-state index contributed by atoms with van der Waals surface area (Å²) in [4.78, 5) is 4.64. The lowest BCUT2D eigenvalue weighted by molar-refractivity contribution is 0.0698. The number of rotatable bonds is 4. The van der Waals surface area contributed by atoms with Gasteiger partial charge in [-0.1, -0.05) is 30.3 Å². The van der Waals surface area contributed by atoms with Gasteiger partial charge in [0.05, 0.1) is 12.1 Å². The fourth-order valence-corrected chi connectivity index (χ4v) is 2.80. The second-order valence-electron chi connectivity index (χ2n) is 5.58. The maximum atomic E-state index is 9.69. The van der Waals surface area contributed by atoms with Crippen LogP contribution in [0, 0.1) is 0 Å². The third kappa shape index (κ3) is 2.44. The molecule has 0 aliphatic carbocycles. The molecule has 1 aromatic rings. The van der Waals surface area contributed by atoms with Gasteiger partial charge in [-0.25, -0.2) is 0 Å². The summed E-state index contributed by atoms with van der Waals surface area (Å²) < 4.78 is 0. The normalized spacial score (nSPS) is 26.7. The van der Waals surface area contributed by atoms with E-state index in [0.717, 1.165) is 19.5 Å². The molecule has 3 nitrogen and oxygen atoms in total. The Kier molecular flexibility index (Phi) is 4.05. The van der Waals surface area contributed by atoms with Crippen molar-refractivity contribution in [1.82, 2.24) is 9.80 Å². The number of nitrogens with zero attached hydrogens (tertiary/aromatic N) is 2. The van der Waals surface area contributed by atoms with E-state index < -0.39 is 0 Å². The number of aliphatic hydroxyl groups is 1. The number of benzene rings is 1. The van der Waals surface area contributed by atoms with Crippen molar-refractivity contribution in [3.05, 3.63) is 35.9 Å². The van der Waals surface area contributed by atoms with Crippen LogP contribution in [0.5, 0.6) is 0 Å². The predicted octanol–water partition coefficient (Wildman–Crippen LogP) is 1.75. The van der Waals surface area contributed by atoms with Gasteiger partial charge in [0.2, 0.25) is 0 Å². The molecular formula is C15H24N2O. The zero-order valence-electron chi connectivity index (χ0n) is 11.6. The van der Waals surface area contributed by atoms with Gasteiger partial charge in [-0.15, -0.1) is 0 Å². The zero-order valence-corrected chi connectivity index (χ0v) is 11.6. The van der Waals surface area contributed by atoms with E-state index in [4.69, 9.17) is 0 Å². The Labute approximate surface area is 110 Å². The SMILES string of the molecule is CC(c1ccccc1)N1CCC(CO)(N(C)C)C1. The van der Waals surface area contributed by atoms with E-state index in [1.165, 1.54) is 5.56 Å². The van der Waals surface area contributed by atoms with Crippen LogP contribution in [0.3, 0.4) is 0 Å². The summed E-state index contributed by atoms with van der Waals surface area (Å²) >= 11 is 0. The number of likely N-dealkylation sites (tertiary alicyclic amines) is 1. The van der Waals surface area contributed by atoms with Crippen LogP contribution in [0.1, 0.15) is 24.9 Å². The van der Waals surface area contributed by atoms with Gasteiger partial charge in [-0.2, -0.15) is 0 Å². The first-order chi connectivity index (χ1) is 8.59. The van der Waals surface area contributed by atoms with Gasteiger partial charge in [-0.05, 0) is 33.0 Å². The monoisotopic (exact) mass is 248 g/mol. The molecule has 2 rings (SSSR count). The molecule has 100 valence electrons. The maximum Gasteiger partial charge on any atom is 0.0628 e. The molecule has 0 radical (unpaired) electrons. The topological polar surface area (TPSA) is 26.7 Å². The minimum atomic E-state index is -0.0664. The first kappa shape index (κ1) is 13.5. The Morgan fingerprint density at radius 3 is 2.50 bits per heavy atom. The van der Waals surface area contributed by atoms with Crippen LogP contribution in [-0.4, -0.2) is 54.2 Å². The van der Waals surface area contributed by atoms with Crippen LogP contribution in [0.4, 0.5) is 0 Å². The second-order valence-corrected chi connectivity index (χ2v) is 5.58. The predicted molar refractivity (Wildman–Crippen MR) is 74.6 cm³/mol. The Balaban J connectivity index is 2.09. The van der Waals surface area contributed by atoms with E-state index in [-0.39, 0.29) is 12.1 Å². The van der Waals surface area contributed by atoms with Gasteiger partial charge in [0.1, 0.15) is 0 Å². The van der Waals surface area contributed by atoms with Crippen LogP contribution in [0.2, 0.25) is 0 Å². The van der Waals surface area contributed by atoms with Gasteiger partial charge in [-0.3, -0.25) is 4.90 Å². The van der Waals surface area contributed by atoms with Gasteiger partial charge >= 0.3 is 0 Å². The molecule has 1 heterocycles. The van der Waals surface area contributed by atoms with Crippen molar-refractivity contribution >= 4 is 0 Å². The largest absolute Gasteiger partial charge is 0.394 e. The highest BCUT2D eigenvalue weighted by molar-refractivity contribution is 5.19. The lowest BCUT2D eigenvalue weighted by atomic mass is 9.98. The van der Waals surface area contributed by atoms with Gasteiger partial charge in [0.15, 0.2) is 0 Å². The minimum Gasteiger partial charge on any atom is -0.394 e. The zero-order chi connectivity index (χ0) is 13.2. The molecule has 1 saturated heterocycles. The summed E-state index contributed by atoms with van der Waals surface area (Å²) in [5.41, 5.74) is 1.29. The molecule has 2 unspecified atom stereocenters. The Morgan fingerprint density at radius 1 is 1.33 bits per heavy atom. The van der Waals surface area contributed by atoms with Crippen molar-refractivity contribution in [2.24, 2.45) is 0 Å². The lowest BCUT2D eigenvalue weighted by Crippen LogP contribution is -2.49. The first-order valence-electron chi connectivity index (χ1n) is 6.66. The molecule has 0 spiro atoms. The van der Waals surface area contributed by atoms with Gasteiger partial charge in [0, 0.05) is 19.1 Å². The molecule has 0 amide bonds. The molecule has 1 aromatic carbocycles. The summed E-state index contributed by atoms with van der Waals surface area (Å²) in [6.45, 7) is 4.47. The van der Waals surface area contributed by atoms with Crippen molar-refractivity contribution in [1.29, 1.82) is 0 Å². The molecule has 0 bridgehead atoms. The van der Waals surface area contributed by atoms with Crippen LogP contribution in [-0.2, 0) is 0 Å². The van der Waals surface area contributed by atoms with Crippen molar-refractivity contribution in [2.45, 2.75) is 24.9 Å². The van der Waals surface area contributed by atoms with Crippen LogP contribution < -0.4 is 0 Å². The fourth-order valence-electron chi connectivity index (χ4n) is 2.80. The molecule has 2 atom stereocenters. The Hall–Kier alpha value is -0.900. The minimum absolute atomic E-state index is 0.0664. The van der Waals surface area contributed by atoms with E-state index >= 15 is 0 Å². The van der Waals surface area contributed by atoms with Crippen LogP contribution in [0.25, 0.3) is 0 Å². The van der Waals surface area contributed by atoms with Crippen LogP contribution in [0.15, 0.2) is 30.3 Å². The number of hydrogen-bond donors (Lipinski definition) is 1. The average molecular weight is 248 g/mol. The van der Waals surface area contributed by atoms with Crippen molar-refractivity contribution in [3.63, 3.8) is 0 Å². The maximum absolute atomic E-state index is 9.69. The number of hydrogen-bond acceptors (Lipinski definition) is 3. The highest BCUT2D eigenvalue weighted by Gasteiger charge is 2.40. The van der Waals surface area contributed by atoms with E-state index in [2.05, 4.69) is 61.2 Å². The summed E-state index contributed by atoms with van der Waals surface area (Å²) in [6.07, 6.45) is 1.04. The Morgan fingerprint density at radius 2 is 2.00 bits per heavy atom. The average Bonchev–Trinajstić information content (AvgIpc) is 2.84. The summed E-state index contributed by atoms with van der Waals surface area (Å²) in [6, 6.07) is 11.0. The van der Waals surface area contributed by atoms with Gasteiger partial charge < -0.3 is 10.0 Å². The molecule has 1 fully saturated rings. The van der Waals surface area contributed by atoms with E-state index in [1.807, 2.05) is 0 Å². The van der Waals surface area contributed by atoms with E-state index in [9.17, 15) is 5.11 Å². The van der Waals surface area contributed by atoms with Crippen molar-refractivity contribution in [3.8, 4) is 0 Å². The van der Waals surface area contributed by atoms with Crippen LogP contribution >= 0.6 is 0 Å². The molecule has 1 aliphatic heterocycles. The third-order valence-electron chi connectivity index (χ3n) is 4.43. The molecule has 0 aromatic heterocycles. The molecule has 1 aliphatic rings. The second kappa shape index (κ2) is 5.39. The smallest absolute Gasteiger partial charge is 0.0628 e. The summed E-state index contributed by atoms with van der Waals surface area (Å²) in [5.74, 6) is 0. The van der Waals surface area contributed by atoms with Crippen molar-refractivity contribution < 1.29 is 5.11 Å². The number of likely N-dealkylation sites (N-methyl/N-ethyl adjacent to an activating group) is 1. The highest BCUT2D eigenvalue weighted by atomic mass is 16.3. The highest BCUT2D eigenvalue weighted by Crippen LogP contribution is 2.32. The quantitative estimate of drug-likeness (QED) is 0.879. The van der Waals surface area contributed by atoms with E-state index in [0.29, 0.717) is 6.04 Å². The lowest BCUT2D eigenvalue weighted by Gasteiger charge is -2.35. The third-order valence-corrected chi connectivity index (χ3v) is 4.43. The summed E-state index contributed by atoms with van der Waals surface area (Å²) in [7, 11) is 4.12. The summed E-state index contributed by atoms with van der Waals surface area (Å²) in [5, 5.41) is 9.69. The molecular weight excluding hydrogens is 224 g/mol. The standard InChI is InChI=1S/C15H24N2O/c1-13(14-7-5-4-6-8-14)17-10-9-15(11-17,12-18)16(2)3/h4-8,13,18H,9-12H2,1-3H3. The van der Waals surface area contributed by atoms with Gasteiger partial charge in [0.25, 0.3) is 0 Å².